The molecular formula is C12H19NO3. The Hall–Kier alpha value is -1.26. The van der Waals surface area contributed by atoms with E-state index in [2.05, 4.69) is 5.32 Å². The summed E-state index contributed by atoms with van der Waals surface area (Å²) in [5.41, 5.74) is 0.796. The molecule has 4 heteroatoms. The molecule has 90 valence electrons. The van der Waals surface area contributed by atoms with Gasteiger partial charge in [0.2, 0.25) is 0 Å². The molecule has 1 rings (SSSR count). The van der Waals surface area contributed by atoms with Crippen LogP contribution in [0.1, 0.15) is 18.9 Å². The van der Waals surface area contributed by atoms with Crippen LogP contribution in [-0.4, -0.2) is 30.0 Å². The summed E-state index contributed by atoms with van der Waals surface area (Å²) in [7, 11) is 1.59. The summed E-state index contributed by atoms with van der Waals surface area (Å²) in [5, 5.41) is 21.8. The van der Waals surface area contributed by atoms with E-state index in [1.165, 1.54) is 0 Å². The van der Waals surface area contributed by atoms with E-state index in [9.17, 15) is 5.11 Å². The van der Waals surface area contributed by atoms with Crippen LogP contribution in [0.3, 0.4) is 0 Å². The molecule has 0 heterocycles. The van der Waals surface area contributed by atoms with Gasteiger partial charge >= 0.3 is 0 Å². The molecule has 1 aromatic rings. The highest BCUT2D eigenvalue weighted by Gasteiger charge is 2.03. The van der Waals surface area contributed by atoms with E-state index in [-0.39, 0.29) is 11.9 Å². The number of nitrogens with one attached hydrogen (secondary N) is 1. The summed E-state index contributed by atoms with van der Waals surface area (Å²) in [6.07, 6.45) is 0.400. The van der Waals surface area contributed by atoms with Crippen LogP contribution in [0.25, 0.3) is 0 Å². The topological polar surface area (TPSA) is 61.7 Å². The molecule has 3 N–H and O–H groups in total. The smallest absolute Gasteiger partial charge is 0.120 e. The number of aromatic hydroxyl groups is 1. The predicted octanol–water partition coefficient (Wildman–Crippen LogP) is 1.26. The Balaban J connectivity index is 2.46. The minimum atomic E-state index is -0.300. The van der Waals surface area contributed by atoms with Gasteiger partial charge in [-0.05, 0) is 38.1 Å². The molecule has 0 saturated carbocycles. The van der Waals surface area contributed by atoms with E-state index in [0.717, 1.165) is 11.3 Å². The third kappa shape index (κ3) is 4.08. The minimum Gasteiger partial charge on any atom is -0.508 e. The third-order valence-corrected chi connectivity index (χ3v) is 2.34. The van der Waals surface area contributed by atoms with Crippen LogP contribution in [0.15, 0.2) is 18.2 Å². The average Bonchev–Trinajstić information content (AvgIpc) is 2.26. The Morgan fingerprint density at radius 3 is 2.81 bits per heavy atom. The van der Waals surface area contributed by atoms with Gasteiger partial charge in [-0.25, -0.2) is 0 Å². The second kappa shape index (κ2) is 6.35. The number of rotatable bonds is 6. The van der Waals surface area contributed by atoms with Crippen molar-refractivity contribution in [2.24, 2.45) is 0 Å². The van der Waals surface area contributed by atoms with E-state index in [1.54, 1.807) is 32.2 Å². The number of benzene rings is 1. The first-order chi connectivity index (χ1) is 7.63. The zero-order chi connectivity index (χ0) is 12.0. The van der Waals surface area contributed by atoms with E-state index in [4.69, 9.17) is 9.84 Å². The average molecular weight is 225 g/mol. The van der Waals surface area contributed by atoms with Crippen molar-refractivity contribution in [3.8, 4) is 11.5 Å². The monoisotopic (exact) mass is 225 g/mol. The number of aliphatic hydroxyl groups excluding tert-OH is 1. The molecule has 1 aromatic carbocycles. The molecule has 0 aromatic heterocycles. The summed E-state index contributed by atoms with van der Waals surface area (Å²) < 4.78 is 5.08. The molecule has 16 heavy (non-hydrogen) atoms. The number of hydrogen-bond donors (Lipinski definition) is 3. The molecule has 0 aliphatic heterocycles. The summed E-state index contributed by atoms with van der Waals surface area (Å²) in [4.78, 5) is 0. The van der Waals surface area contributed by atoms with Crippen molar-refractivity contribution in [2.45, 2.75) is 26.0 Å². The zero-order valence-corrected chi connectivity index (χ0v) is 9.73. The molecule has 0 amide bonds. The van der Waals surface area contributed by atoms with Crippen LogP contribution in [-0.2, 0) is 6.54 Å². The maximum Gasteiger partial charge on any atom is 0.120 e. The Labute approximate surface area is 95.9 Å². The van der Waals surface area contributed by atoms with E-state index in [1.807, 2.05) is 0 Å². The largest absolute Gasteiger partial charge is 0.508 e. The molecule has 0 fully saturated rings. The van der Waals surface area contributed by atoms with Crippen molar-refractivity contribution in [1.29, 1.82) is 0 Å². The van der Waals surface area contributed by atoms with Gasteiger partial charge in [0.1, 0.15) is 11.5 Å². The van der Waals surface area contributed by atoms with Crippen molar-refractivity contribution in [2.75, 3.05) is 13.7 Å². The lowest BCUT2D eigenvalue weighted by Gasteiger charge is -2.09. The van der Waals surface area contributed by atoms with Crippen LogP contribution in [0, 0.1) is 0 Å². The Kier molecular flexibility index (Phi) is 5.08. The van der Waals surface area contributed by atoms with Crippen molar-refractivity contribution in [3.63, 3.8) is 0 Å². The van der Waals surface area contributed by atoms with Crippen LogP contribution in [0.5, 0.6) is 11.5 Å². The van der Waals surface area contributed by atoms with Crippen molar-refractivity contribution >= 4 is 0 Å². The number of phenols is 1. The van der Waals surface area contributed by atoms with Gasteiger partial charge in [-0.3, -0.25) is 0 Å². The minimum absolute atomic E-state index is 0.255. The number of ether oxygens (including phenoxy) is 1. The molecule has 1 unspecified atom stereocenters. The molecule has 0 bridgehead atoms. The first-order valence-corrected chi connectivity index (χ1v) is 5.38. The second-order valence-electron chi connectivity index (χ2n) is 3.81. The van der Waals surface area contributed by atoms with Crippen molar-refractivity contribution in [3.05, 3.63) is 23.8 Å². The molecular weight excluding hydrogens is 206 g/mol. The number of aliphatic hydroxyl groups is 1. The van der Waals surface area contributed by atoms with Gasteiger partial charge in [-0.2, -0.15) is 0 Å². The van der Waals surface area contributed by atoms with Crippen LogP contribution in [0.4, 0.5) is 0 Å². The highest BCUT2D eigenvalue weighted by atomic mass is 16.5. The molecule has 0 saturated heterocycles. The number of phenolic OH excluding ortho intramolecular Hbond substituents is 1. The Bertz CT molecular complexity index is 326. The van der Waals surface area contributed by atoms with Gasteiger partial charge in [0.15, 0.2) is 0 Å². The van der Waals surface area contributed by atoms with Gasteiger partial charge in [-0.15, -0.1) is 0 Å². The Morgan fingerprint density at radius 1 is 1.44 bits per heavy atom. The van der Waals surface area contributed by atoms with Gasteiger partial charge in [0, 0.05) is 12.1 Å². The van der Waals surface area contributed by atoms with Crippen LogP contribution < -0.4 is 10.1 Å². The quantitative estimate of drug-likeness (QED) is 0.638. The zero-order valence-electron chi connectivity index (χ0n) is 9.73. The highest BCUT2D eigenvalue weighted by Crippen LogP contribution is 2.22. The first kappa shape index (κ1) is 12.8. The molecule has 4 nitrogen and oxygen atoms in total. The fraction of sp³-hybridized carbons (Fsp3) is 0.500. The van der Waals surface area contributed by atoms with Gasteiger partial charge in [0.05, 0.1) is 13.2 Å². The van der Waals surface area contributed by atoms with Crippen LogP contribution >= 0.6 is 0 Å². The highest BCUT2D eigenvalue weighted by molar-refractivity contribution is 5.39. The fourth-order valence-corrected chi connectivity index (χ4v) is 1.36. The van der Waals surface area contributed by atoms with E-state index in [0.29, 0.717) is 19.5 Å². The van der Waals surface area contributed by atoms with Crippen LogP contribution in [0.2, 0.25) is 0 Å². The predicted molar refractivity (Wildman–Crippen MR) is 62.7 cm³/mol. The lowest BCUT2D eigenvalue weighted by atomic mass is 10.2. The SMILES string of the molecule is COc1ccc(O)c(CNCCC(C)O)c1. The lowest BCUT2D eigenvalue weighted by molar-refractivity contribution is 0.183. The summed E-state index contributed by atoms with van der Waals surface area (Å²) in [6, 6.07) is 5.13. The van der Waals surface area contributed by atoms with E-state index >= 15 is 0 Å². The molecule has 0 radical (unpaired) electrons. The maximum atomic E-state index is 9.59. The summed E-state index contributed by atoms with van der Waals surface area (Å²) in [5.74, 6) is 0.982. The molecule has 0 aliphatic rings. The number of methoxy groups -OCH3 is 1. The lowest BCUT2D eigenvalue weighted by Crippen LogP contribution is -2.18. The summed E-state index contributed by atoms with van der Waals surface area (Å²) in [6.45, 7) is 3.04. The molecule has 0 aliphatic carbocycles. The van der Waals surface area contributed by atoms with Crippen molar-refractivity contribution < 1.29 is 14.9 Å². The van der Waals surface area contributed by atoms with Gasteiger partial charge < -0.3 is 20.3 Å². The van der Waals surface area contributed by atoms with Gasteiger partial charge in [-0.1, -0.05) is 0 Å². The maximum absolute atomic E-state index is 9.59. The first-order valence-electron chi connectivity index (χ1n) is 5.38. The number of hydrogen-bond acceptors (Lipinski definition) is 4. The standard InChI is InChI=1S/C12H19NO3/c1-9(14)5-6-13-8-10-7-11(16-2)3-4-12(10)15/h3-4,7,9,13-15H,5-6,8H2,1-2H3. The third-order valence-electron chi connectivity index (χ3n) is 2.34. The van der Waals surface area contributed by atoms with E-state index < -0.39 is 0 Å². The second-order valence-corrected chi connectivity index (χ2v) is 3.81. The summed E-state index contributed by atoms with van der Waals surface area (Å²) >= 11 is 0. The van der Waals surface area contributed by atoms with Crippen molar-refractivity contribution in [1.82, 2.24) is 5.32 Å². The Morgan fingerprint density at radius 2 is 2.19 bits per heavy atom. The fourth-order valence-electron chi connectivity index (χ4n) is 1.36. The van der Waals surface area contributed by atoms with Gasteiger partial charge in [0.25, 0.3) is 0 Å². The molecule has 0 spiro atoms. The molecule has 1 atom stereocenters. The normalized spacial score (nSPS) is 12.4.